The van der Waals surface area contributed by atoms with Crippen molar-refractivity contribution in [2.24, 2.45) is 4.99 Å². The lowest BCUT2D eigenvalue weighted by Gasteiger charge is -2.24. The molecule has 5 nitrogen and oxygen atoms in total. The lowest BCUT2D eigenvalue weighted by Crippen LogP contribution is -2.43. The van der Waals surface area contributed by atoms with Gasteiger partial charge in [-0.25, -0.2) is 9.98 Å². The Bertz CT molecular complexity index is 529. The Kier molecular flexibility index (Phi) is 9.18. The number of hydrogen-bond acceptors (Lipinski definition) is 4. The summed E-state index contributed by atoms with van der Waals surface area (Å²) in [4.78, 5) is 11.3. The number of hydrogen-bond donors (Lipinski definition) is 2. The van der Waals surface area contributed by atoms with E-state index in [9.17, 15) is 0 Å². The van der Waals surface area contributed by atoms with Gasteiger partial charge in [-0.15, -0.1) is 24.0 Å². The van der Waals surface area contributed by atoms with Crippen LogP contribution in [0.15, 0.2) is 23.2 Å². The quantitative estimate of drug-likeness (QED) is 0.386. The minimum atomic E-state index is 0. The van der Waals surface area contributed by atoms with Crippen molar-refractivity contribution in [3.05, 3.63) is 23.9 Å². The molecule has 7 heteroatoms. The number of nitrogens with one attached hydrogen (secondary N) is 2. The van der Waals surface area contributed by atoms with Crippen molar-refractivity contribution in [3.8, 4) is 0 Å². The first-order chi connectivity index (χ1) is 11.0. The maximum absolute atomic E-state index is 4.68. The molecule has 2 heterocycles. The van der Waals surface area contributed by atoms with Crippen LogP contribution in [0.1, 0.15) is 32.4 Å². The molecule has 1 aromatic heterocycles. The van der Waals surface area contributed by atoms with Crippen molar-refractivity contribution in [1.29, 1.82) is 0 Å². The zero-order valence-corrected chi connectivity index (χ0v) is 18.3. The topological polar surface area (TPSA) is 52.6 Å². The number of rotatable bonds is 6. The second-order valence-corrected chi connectivity index (χ2v) is 8.01. The number of nitrogens with zero attached hydrogens (tertiary/aromatic N) is 3. The molecule has 1 aromatic rings. The van der Waals surface area contributed by atoms with Gasteiger partial charge >= 0.3 is 0 Å². The first-order valence-corrected chi connectivity index (χ1v) is 9.30. The van der Waals surface area contributed by atoms with E-state index in [2.05, 4.69) is 46.2 Å². The Morgan fingerprint density at radius 1 is 1.38 bits per heavy atom. The third-order valence-corrected chi connectivity index (χ3v) is 5.46. The fourth-order valence-corrected chi connectivity index (χ4v) is 3.80. The van der Waals surface area contributed by atoms with Crippen molar-refractivity contribution in [2.45, 2.75) is 38.0 Å². The second kappa shape index (κ2) is 10.3. The van der Waals surface area contributed by atoms with E-state index in [1.54, 1.807) is 0 Å². The van der Waals surface area contributed by atoms with Crippen molar-refractivity contribution in [1.82, 2.24) is 15.6 Å². The fraction of sp³-hybridized carbons (Fsp3) is 0.647. The predicted molar refractivity (Wildman–Crippen MR) is 117 cm³/mol. The number of anilines is 1. The molecule has 136 valence electrons. The van der Waals surface area contributed by atoms with E-state index in [1.807, 2.05) is 37.2 Å². The highest BCUT2D eigenvalue weighted by Crippen LogP contribution is 2.36. The fourth-order valence-electron chi connectivity index (χ4n) is 2.55. The number of aromatic nitrogens is 1. The lowest BCUT2D eigenvalue weighted by atomic mass is 10.1. The standard InChI is InChI=1S/C17H29N5S.HI/c1-5-18-16(20-13-17(2)10-7-11-23-17)19-12-14-8-6-9-15(21-14)22(3)4;/h6,8-9H,5,7,10-13H2,1-4H3,(H2,18,19,20);1H. The molecule has 0 bridgehead atoms. The van der Waals surface area contributed by atoms with Gasteiger partial charge < -0.3 is 15.5 Å². The summed E-state index contributed by atoms with van der Waals surface area (Å²) in [5.74, 6) is 3.11. The Morgan fingerprint density at radius 2 is 2.17 bits per heavy atom. The SMILES string of the molecule is CCNC(=NCc1cccc(N(C)C)n1)NCC1(C)CCCS1.I. The summed E-state index contributed by atoms with van der Waals surface area (Å²) in [7, 11) is 4.00. The summed E-state index contributed by atoms with van der Waals surface area (Å²) in [5, 5.41) is 6.81. The molecule has 24 heavy (non-hydrogen) atoms. The first kappa shape index (κ1) is 21.3. The molecule has 2 rings (SSSR count). The third kappa shape index (κ3) is 6.66. The molecule has 1 atom stereocenters. The summed E-state index contributed by atoms with van der Waals surface area (Å²) >= 11 is 2.06. The summed E-state index contributed by atoms with van der Waals surface area (Å²) in [5.41, 5.74) is 0.981. The largest absolute Gasteiger partial charge is 0.363 e. The van der Waals surface area contributed by atoms with Crippen LogP contribution in [0.3, 0.4) is 0 Å². The van der Waals surface area contributed by atoms with E-state index in [0.29, 0.717) is 11.3 Å². The molecular formula is C17H30IN5S. The van der Waals surface area contributed by atoms with Gasteiger partial charge in [-0.1, -0.05) is 6.07 Å². The summed E-state index contributed by atoms with van der Waals surface area (Å²) in [6.07, 6.45) is 2.59. The Hall–Kier alpha value is -0.700. The predicted octanol–water partition coefficient (Wildman–Crippen LogP) is 3.11. The summed E-state index contributed by atoms with van der Waals surface area (Å²) in [6, 6.07) is 6.06. The van der Waals surface area contributed by atoms with Gasteiger partial charge in [-0.3, -0.25) is 0 Å². The van der Waals surface area contributed by atoms with Crippen molar-refractivity contribution in [2.75, 3.05) is 37.8 Å². The average molecular weight is 463 g/mol. The van der Waals surface area contributed by atoms with Gasteiger partial charge in [0.1, 0.15) is 5.82 Å². The van der Waals surface area contributed by atoms with Crippen LogP contribution in [0.2, 0.25) is 0 Å². The maximum atomic E-state index is 4.68. The van der Waals surface area contributed by atoms with Crippen LogP contribution < -0.4 is 15.5 Å². The van der Waals surface area contributed by atoms with Crippen LogP contribution >= 0.6 is 35.7 Å². The molecule has 0 amide bonds. The van der Waals surface area contributed by atoms with E-state index in [4.69, 9.17) is 0 Å². The Labute approximate surface area is 167 Å². The second-order valence-electron chi connectivity index (χ2n) is 6.33. The molecule has 0 saturated carbocycles. The van der Waals surface area contributed by atoms with Gasteiger partial charge in [-0.05, 0) is 44.6 Å². The first-order valence-electron chi connectivity index (χ1n) is 8.32. The summed E-state index contributed by atoms with van der Waals surface area (Å²) in [6.45, 7) is 6.83. The van der Waals surface area contributed by atoms with Crippen molar-refractivity contribution in [3.63, 3.8) is 0 Å². The van der Waals surface area contributed by atoms with Crippen molar-refractivity contribution >= 4 is 47.5 Å². The molecule has 0 aliphatic carbocycles. The smallest absolute Gasteiger partial charge is 0.191 e. The molecule has 1 aliphatic rings. The van der Waals surface area contributed by atoms with E-state index in [1.165, 1.54) is 18.6 Å². The van der Waals surface area contributed by atoms with Gasteiger partial charge in [0.15, 0.2) is 5.96 Å². The molecule has 1 saturated heterocycles. The highest BCUT2D eigenvalue weighted by molar-refractivity contribution is 14.0. The highest BCUT2D eigenvalue weighted by Gasteiger charge is 2.29. The minimum absolute atomic E-state index is 0. The van der Waals surface area contributed by atoms with Gasteiger partial charge in [0.2, 0.25) is 0 Å². The molecule has 1 fully saturated rings. The number of thioether (sulfide) groups is 1. The van der Waals surface area contributed by atoms with Crippen LogP contribution in [-0.2, 0) is 6.54 Å². The van der Waals surface area contributed by atoms with E-state index in [-0.39, 0.29) is 24.0 Å². The molecule has 1 aliphatic heterocycles. The van der Waals surface area contributed by atoms with Crippen LogP contribution in [0.25, 0.3) is 0 Å². The normalized spacial score (nSPS) is 20.4. The zero-order chi connectivity index (χ0) is 16.7. The van der Waals surface area contributed by atoms with Gasteiger partial charge in [0, 0.05) is 31.9 Å². The summed E-state index contributed by atoms with van der Waals surface area (Å²) < 4.78 is 0.333. The van der Waals surface area contributed by atoms with Gasteiger partial charge in [-0.2, -0.15) is 11.8 Å². The van der Waals surface area contributed by atoms with E-state index < -0.39 is 0 Å². The molecule has 0 aromatic carbocycles. The number of pyridine rings is 1. The van der Waals surface area contributed by atoms with Gasteiger partial charge in [0.05, 0.1) is 12.2 Å². The molecule has 0 spiro atoms. The van der Waals surface area contributed by atoms with Crippen LogP contribution in [0, 0.1) is 0 Å². The van der Waals surface area contributed by atoms with Crippen LogP contribution in [0.4, 0.5) is 5.82 Å². The highest BCUT2D eigenvalue weighted by atomic mass is 127. The average Bonchev–Trinajstić information content (AvgIpc) is 2.97. The lowest BCUT2D eigenvalue weighted by molar-refractivity contribution is 0.584. The molecule has 0 radical (unpaired) electrons. The zero-order valence-electron chi connectivity index (χ0n) is 15.1. The maximum Gasteiger partial charge on any atom is 0.191 e. The number of aliphatic imine (C=N–C) groups is 1. The number of guanidine groups is 1. The third-order valence-electron chi connectivity index (χ3n) is 3.92. The molecule has 1 unspecified atom stereocenters. The van der Waals surface area contributed by atoms with E-state index >= 15 is 0 Å². The van der Waals surface area contributed by atoms with Crippen molar-refractivity contribution < 1.29 is 0 Å². The molecular weight excluding hydrogens is 433 g/mol. The number of halogens is 1. The minimum Gasteiger partial charge on any atom is -0.363 e. The van der Waals surface area contributed by atoms with Gasteiger partial charge in [0.25, 0.3) is 0 Å². The van der Waals surface area contributed by atoms with Crippen LogP contribution in [-0.4, -0.2) is 48.6 Å². The molecule has 2 N–H and O–H groups in total. The van der Waals surface area contributed by atoms with E-state index in [0.717, 1.165) is 30.6 Å². The monoisotopic (exact) mass is 463 g/mol. The Morgan fingerprint density at radius 3 is 2.79 bits per heavy atom. The van der Waals surface area contributed by atoms with Crippen LogP contribution in [0.5, 0.6) is 0 Å². The Balaban J connectivity index is 0.00000288.